The maximum atomic E-state index is 13.5. The number of nitrogens with one attached hydrogen (secondary N) is 1. The fourth-order valence-electron chi connectivity index (χ4n) is 2.38. The highest BCUT2D eigenvalue weighted by Gasteiger charge is 2.36. The van der Waals surface area contributed by atoms with Gasteiger partial charge in [-0.1, -0.05) is 6.42 Å². The number of aromatic nitrogens is 2. The summed E-state index contributed by atoms with van der Waals surface area (Å²) < 4.78 is 18.7. The second-order valence-corrected chi connectivity index (χ2v) is 5.40. The molecule has 0 aromatic carbocycles. The Bertz CT molecular complexity index is 435. The lowest BCUT2D eigenvalue weighted by atomic mass is 9.69. The number of halogens is 1. The molecule has 106 valence electrons. The number of hydrogen-bond donors (Lipinski definition) is 1. The van der Waals surface area contributed by atoms with Gasteiger partial charge in [-0.15, -0.1) is 0 Å². The minimum Gasteiger partial charge on any atom is -0.384 e. The van der Waals surface area contributed by atoms with Gasteiger partial charge in [-0.05, 0) is 12.8 Å². The Hall–Kier alpha value is -1.43. The summed E-state index contributed by atoms with van der Waals surface area (Å²) >= 11 is 0. The van der Waals surface area contributed by atoms with Crippen LogP contribution in [0.1, 0.15) is 19.3 Å². The van der Waals surface area contributed by atoms with Crippen LogP contribution < -0.4 is 10.2 Å². The molecule has 1 fully saturated rings. The van der Waals surface area contributed by atoms with E-state index >= 15 is 0 Å². The van der Waals surface area contributed by atoms with Crippen LogP contribution in [-0.2, 0) is 4.74 Å². The second kappa shape index (κ2) is 5.69. The molecular formula is C13H21FN4O. The van der Waals surface area contributed by atoms with Crippen LogP contribution in [0.5, 0.6) is 0 Å². The molecule has 0 atom stereocenters. The van der Waals surface area contributed by atoms with E-state index in [4.69, 9.17) is 4.74 Å². The van der Waals surface area contributed by atoms with Crippen molar-refractivity contribution in [1.29, 1.82) is 0 Å². The zero-order valence-electron chi connectivity index (χ0n) is 11.7. The fourth-order valence-corrected chi connectivity index (χ4v) is 2.38. The maximum Gasteiger partial charge on any atom is 0.224 e. The van der Waals surface area contributed by atoms with E-state index in [1.165, 1.54) is 12.6 Å². The monoisotopic (exact) mass is 268 g/mol. The molecule has 1 aliphatic rings. The molecule has 1 saturated carbocycles. The number of hydrogen-bond acceptors (Lipinski definition) is 5. The molecule has 2 rings (SSSR count). The first-order valence-corrected chi connectivity index (χ1v) is 6.49. The van der Waals surface area contributed by atoms with Crippen molar-refractivity contribution in [1.82, 2.24) is 9.97 Å². The number of nitrogens with zero attached hydrogens (tertiary/aromatic N) is 3. The Morgan fingerprint density at radius 3 is 2.74 bits per heavy atom. The lowest BCUT2D eigenvalue weighted by Gasteiger charge is -2.41. The van der Waals surface area contributed by atoms with E-state index in [9.17, 15) is 4.39 Å². The normalized spacial score (nSPS) is 16.8. The van der Waals surface area contributed by atoms with Crippen LogP contribution in [0.4, 0.5) is 16.2 Å². The number of methoxy groups -OCH3 is 1. The molecule has 0 saturated heterocycles. The van der Waals surface area contributed by atoms with Gasteiger partial charge in [0.1, 0.15) is 0 Å². The summed E-state index contributed by atoms with van der Waals surface area (Å²) in [4.78, 5) is 9.79. The summed E-state index contributed by atoms with van der Waals surface area (Å²) in [5, 5.41) is 3.20. The van der Waals surface area contributed by atoms with Crippen molar-refractivity contribution in [3.05, 3.63) is 12.0 Å². The fraction of sp³-hybridized carbons (Fsp3) is 0.692. The molecule has 1 heterocycles. The van der Waals surface area contributed by atoms with Crippen molar-refractivity contribution in [3.63, 3.8) is 0 Å². The van der Waals surface area contributed by atoms with Crippen LogP contribution in [0.25, 0.3) is 0 Å². The lowest BCUT2D eigenvalue weighted by molar-refractivity contribution is 0.0281. The molecule has 1 aliphatic carbocycles. The van der Waals surface area contributed by atoms with E-state index in [-0.39, 0.29) is 5.41 Å². The van der Waals surface area contributed by atoms with Gasteiger partial charge < -0.3 is 15.0 Å². The second-order valence-electron chi connectivity index (χ2n) is 5.40. The number of anilines is 2. The molecule has 5 nitrogen and oxygen atoms in total. The number of ether oxygens (including phenoxy) is 1. The number of rotatable bonds is 6. The van der Waals surface area contributed by atoms with Crippen LogP contribution in [0.15, 0.2) is 6.20 Å². The van der Waals surface area contributed by atoms with Gasteiger partial charge in [-0.2, -0.15) is 4.98 Å². The molecule has 1 N–H and O–H groups in total. The Morgan fingerprint density at radius 2 is 2.21 bits per heavy atom. The summed E-state index contributed by atoms with van der Waals surface area (Å²) in [5.74, 6) is 0.352. The van der Waals surface area contributed by atoms with Gasteiger partial charge in [0, 0.05) is 33.2 Å². The Kier molecular flexibility index (Phi) is 4.19. The average Bonchev–Trinajstić information content (AvgIpc) is 2.33. The van der Waals surface area contributed by atoms with Crippen LogP contribution in [0.3, 0.4) is 0 Å². The van der Waals surface area contributed by atoms with E-state index in [0.29, 0.717) is 11.8 Å². The molecule has 19 heavy (non-hydrogen) atoms. The predicted molar refractivity (Wildman–Crippen MR) is 73.0 cm³/mol. The van der Waals surface area contributed by atoms with Crippen LogP contribution in [-0.4, -0.2) is 44.3 Å². The predicted octanol–water partition coefficient (Wildman–Crippen LogP) is 1.91. The van der Waals surface area contributed by atoms with Gasteiger partial charge in [-0.3, -0.25) is 0 Å². The third-order valence-electron chi connectivity index (χ3n) is 3.64. The lowest BCUT2D eigenvalue weighted by Crippen LogP contribution is -2.40. The zero-order chi connectivity index (χ0) is 13.9. The highest BCUT2D eigenvalue weighted by Crippen LogP contribution is 2.41. The van der Waals surface area contributed by atoms with E-state index in [2.05, 4.69) is 15.3 Å². The van der Waals surface area contributed by atoms with Gasteiger partial charge in [0.05, 0.1) is 12.8 Å². The van der Waals surface area contributed by atoms with E-state index < -0.39 is 5.82 Å². The summed E-state index contributed by atoms with van der Waals surface area (Å²) in [6.07, 6.45) is 4.73. The minimum atomic E-state index is -0.411. The Balaban J connectivity index is 2.01. The third kappa shape index (κ3) is 3.12. The smallest absolute Gasteiger partial charge is 0.224 e. The van der Waals surface area contributed by atoms with Crippen LogP contribution in [0, 0.1) is 11.2 Å². The SMILES string of the molecule is COCC1(CNc2ncc(F)c(N(C)C)n2)CCC1. The molecule has 1 aromatic heterocycles. The first-order valence-electron chi connectivity index (χ1n) is 6.49. The summed E-state index contributed by atoms with van der Waals surface area (Å²) in [5.41, 5.74) is 0.185. The van der Waals surface area contributed by atoms with Crippen LogP contribution in [0.2, 0.25) is 0 Å². The Morgan fingerprint density at radius 1 is 1.47 bits per heavy atom. The van der Waals surface area contributed by atoms with Crippen LogP contribution >= 0.6 is 0 Å². The largest absolute Gasteiger partial charge is 0.384 e. The van der Waals surface area contributed by atoms with Crippen molar-refractivity contribution >= 4 is 11.8 Å². The highest BCUT2D eigenvalue weighted by molar-refractivity contribution is 5.42. The van der Waals surface area contributed by atoms with Crippen molar-refractivity contribution in [2.75, 3.05) is 44.6 Å². The van der Waals surface area contributed by atoms with E-state index in [1.807, 2.05) is 0 Å². The Labute approximate surface area is 113 Å². The quantitative estimate of drug-likeness (QED) is 0.854. The van der Waals surface area contributed by atoms with Gasteiger partial charge in [0.25, 0.3) is 0 Å². The molecule has 6 heteroatoms. The minimum absolute atomic E-state index is 0.185. The topological polar surface area (TPSA) is 50.3 Å². The van der Waals surface area contributed by atoms with Crippen molar-refractivity contribution in [2.24, 2.45) is 5.41 Å². The van der Waals surface area contributed by atoms with Crippen molar-refractivity contribution < 1.29 is 9.13 Å². The first-order chi connectivity index (χ1) is 9.06. The van der Waals surface area contributed by atoms with E-state index in [0.717, 1.165) is 26.0 Å². The molecule has 0 aliphatic heterocycles. The molecular weight excluding hydrogens is 247 g/mol. The van der Waals surface area contributed by atoms with Gasteiger partial charge in [0.15, 0.2) is 11.6 Å². The molecule has 0 spiro atoms. The molecule has 0 unspecified atom stereocenters. The first kappa shape index (κ1) is 14.0. The zero-order valence-corrected chi connectivity index (χ0v) is 11.7. The molecule has 0 radical (unpaired) electrons. The molecule has 1 aromatic rings. The molecule has 0 bridgehead atoms. The van der Waals surface area contributed by atoms with Crippen molar-refractivity contribution in [3.8, 4) is 0 Å². The summed E-state index contributed by atoms with van der Waals surface area (Å²) in [7, 11) is 5.24. The van der Waals surface area contributed by atoms with Crippen molar-refractivity contribution in [2.45, 2.75) is 19.3 Å². The third-order valence-corrected chi connectivity index (χ3v) is 3.64. The standard InChI is InChI=1S/C13H21FN4O/c1-18(2)11-10(14)7-15-12(17-11)16-8-13(9-19-3)5-4-6-13/h7H,4-6,8-9H2,1-3H3,(H,15,16,17). The van der Waals surface area contributed by atoms with E-state index in [1.54, 1.807) is 26.1 Å². The maximum absolute atomic E-state index is 13.5. The average molecular weight is 268 g/mol. The van der Waals surface area contributed by atoms with Gasteiger partial charge >= 0.3 is 0 Å². The highest BCUT2D eigenvalue weighted by atomic mass is 19.1. The van der Waals surface area contributed by atoms with Gasteiger partial charge in [-0.25, -0.2) is 9.37 Å². The summed E-state index contributed by atoms with van der Waals surface area (Å²) in [6.45, 7) is 1.50. The molecule has 0 amide bonds. The van der Waals surface area contributed by atoms with Gasteiger partial charge in [0.2, 0.25) is 5.95 Å². The summed E-state index contributed by atoms with van der Waals surface area (Å²) in [6, 6.07) is 0.